The number of carbonyl (C=O) groups excluding carboxylic acids is 2. The van der Waals surface area contributed by atoms with Crippen LogP contribution in [0.1, 0.15) is 31.2 Å². The van der Waals surface area contributed by atoms with Crippen molar-refractivity contribution in [3.05, 3.63) is 89.4 Å². The Balaban J connectivity index is 1.25. The number of hydrogen-bond acceptors (Lipinski definition) is 3. The lowest BCUT2D eigenvalue weighted by molar-refractivity contribution is -0.126. The highest BCUT2D eigenvalue weighted by Gasteiger charge is 2.05. The van der Waals surface area contributed by atoms with Crippen LogP contribution < -0.4 is 10.6 Å². The zero-order chi connectivity index (χ0) is 23.3. The van der Waals surface area contributed by atoms with E-state index < -0.39 is 0 Å². The largest absolute Gasteiger partial charge is 0.367 e. The molecule has 0 heterocycles. The van der Waals surface area contributed by atoms with E-state index in [1.165, 1.54) is 0 Å². The second-order valence-electron chi connectivity index (χ2n) is 7.77. The first-order valence-corrected chi connectivity index (χ1v) is 11.5. The van der Waals surface area contributed by atoms with Crippen LogP contribution in [0.25, 0.3) is 11.1 Å². The van der Waals surface area contributed by atoms with Gasteiger partial charge in [-0.1, -0.05) is 72.6 Å². The third-order valence-corrected chi connectivity index (χ3v) is 5.32. The summed E-state index contributed by atoms with van der Waals surface area (Å²) in [6, 6.07) is 25.3. The first kappa shape index (κ1) is 24.5. The lowest BCUT2D eigenvalue weighted by atomic mass is 10.1. The maximum Gasteiger partial charge on any atom is 0.246 e. The van der Waals surface area contributed by atoms with E-state index in [-0.39, 0.29) is 18.4 Å². The molecule has 0 fully saturated rings. The molecule has 0 spiro atoms. The second-order valence-corrected chi connectivity index (χ2v) is 8.21. The topological polar surface area (TPSA) is 67.4 Å². The van der Waals surface area contributed by atoms with Gasteiger partial charge in [-0.05, 0) is 53.8 Å². The summed E-state index contributed by atoms with van der Waals surface area (Å²) < 4.78 is 5.42. The highest BCUT2D eigenvalue weighted by Crippen LogP contribution is 2.22. The Labute approximate surface area is 200 Å². The third kappa shape index (κ3) is 9.08. The van der Waals surface area contributed by atoms with E-state index in [9.17, 15) is 9.59 Å². The summed E-state index contributed by atoms with van der Waals surface area (Å²) >= 11 is 5.84. The van der Waals surface area contributed by atoms with Crippen molar-refractivity contribution in [3.8, 4) is 11.1 Å². The van der Waals surface area contributed by atoms with Crippen LogP contribution in [0.4, 0.5) is 5.69 Å². The molecule has 33 heavy (non-hydrogen) atoms. The lowest BCUT2D eigenvalue weighted by Gasteiger charge is -2.08. The summed E-state index contributed by atoms with van der Waals surface area (Å²) in [5.74, 6) is -0.139. The molecule has 2 amide bonds. The van der Waals surface area contributed by atoms with Gasteiger partial charge in [0.1, 0.15) is 6.61 Å². The average molecular weight is 465 g/mol. The fourth-order valence-corrected chi connectivity index (χ4v) is 3.46. The van der Waals surface area contributed by atoms with Crippen molar-refractivity contribution in [2.45, 2.75) is 32.3 Å². The summed E-state index contributed by atoms with van der Waals surface area (Å²) in [6.07, 6.45) is 2.91. The van der Waals surface area contributed by atoms with Gasteiger partial charge in [-0.25, -0.2) is 0 Å². The van der Waals surface area contributed by atoms with E-state index in [4.69, 9.17) is 16.3 Å². The maximum absolute atomic E-state index is 12.3. The molecule has 6 heteroatoms. The van der Waals surface area contributed by atoms with Crippen LogP contribution in [0, 0.1) is 0 Å². The molecule has 0 saturated carbocycles. The molecule has 3 rings (SSSR count). The SMILES string of the molecule is O=C(COCc1ccc(Cl)cc1)NCCCCCC(=O)Nc1cccc(-c2ccccc2)c1. The summed E-state index contributed by atoms with van der Waals surface area (Å²) in [5.41, 5.74) is 3.96. The first-order chi connectivity index (χ1) is 16.1. The number of rotatable bonds is 12. The first-order valence-electron chi connectivity index (χ1n) is 11.1. The number of anilines is 1. The molecule has 5 nitrogen and oxygen atoms in total. The fourth-order valence-electron chi connectivity index (χ4n) is 3.34. The van der Waals surface area contributed by atoms with Crippen molar-refractivity contribution in [1.29, 1.82) is 0 Å². The number of ether oxygens (including phenoxy) is 1. The van der Waals surface area contributed by atoms with E-state index in [2.05, 4.69) is 10.6 Å². The highest BCUT2D eigenvalue weighted by atomic mass is 35.5. The predicted molar refractivity (Wildman–Crippen MR) is 133 cm³/mol. The molecule has 0 atom stereocenters. The summed E-state index contributed by atoms with van der Waals surface area (Å²) in [6.45, 7) is 0.963. The quantitative estimate of drug-likeness (QED) is 0.331. The van der Waals surface area contributed by atoms with E-state index in [0.717, 1.165) is 41.6 Å². The minimum atomic E-state index is -0.139. The molecule has 0 aliphatic carbocycles. The second kappa shape index (κ2) is 13.4. The number of hydrogen-bond donors (Lipinski definition) is 2. The summed E-state index contributed by atoms with van der Waals surface area (Å²) in [7, 11) is 0. The van der Waals surface area contributed by atoms with Gasteiger partial charge in [-0.2, -0.15) is 0 Å². The van der Waals surface area contributed by atoms with Gasteiger partial charge in [0.15, 0.2) is 0 Å². The van der Waals surface area contributed by atoms with Crippen LogP contribution in [0.3, 0.4) is 0 Å². The van der Waals surface area contributed by atoms with Crippen LogP contribution in [-0.4, -0.2) is 25.0 Å². The normalized spacial score (nSPS) is 10.6. The molecule has 0 aliphatic heterocycles. The van der Waals surface area contributed by atoms with Gasteiger partial charge in [-0.15, -0.1) is 0 Å². The minimum Gasteiger partial charge on any atom is -0.367 e. The van der Waals surface area contributed by atoms with Gasteiger partial charge >= 0.3 is 0 Å². The van der Waals surface area contributed by atoms with Crippen LogP contribution >= 0.6 is 11.6 Å². The summed E-state index contributed by atoms with van der Waals surface area (Å²) in [4.78, 5) is 24.1. The molecule has 0 radical (unpaired) electrons. The molecular formula is C27H29ClN2O3. The van der Waals surface area contributed by atoms with Crippen LogP contribution in [0.5, 0.6) is 0 Å². The van der Waals surface area contributed by atoms with Crippen molar-refractivity contribution in [2.75, 3.05) is 18.5 Å². The number of amides is 2. The van der Waals surface area contributed by atoms with Gasteiger partial charge in [-0.3, -0.25) is 9.59 Å². The Kier molecular flexibility index (Phi) is 9.95. The van der Waals surface area contributed by atoms with Gasteiger partial charge in [0.05, 0.1) is 6.61 Å². The van der Waals surface area contributed by atoms with Crippen LogP contribution in [-0.2, 0) is 20.9 Å². The highest BCUT2D eigenvalue weighted by molar-refractivity contribution is 6.30. The van der Waals surface area contributed by atoms with E-state index in [1.54, 1.807) is 12.1 Å². The molecule has 172 valence electrons. The minimum absolute atomic E-state index is 0.000142. The number of halogens is 1. The molecule has 0 unspecified atom stereocenters. The van der Waals surface area contributed by atoms with Crippen LogP contribution in [0.2, 0.25) is 5.02 Å². The van der Waals surface area contributed by atoms with Gasteiger partial charge < -0.3 is 15.4 Å². The van der Waals surface area contributed by atoms with E-state index in [1.807, 2.05) is 66.7 Å². The smallest absolute Gasteiger partial charge is 0.246 e. The lowest BCUT2D eigenvalue weighted by Crippen LogP contribution is -2.28. The Bertz CT molecular complexity index is 1020. The van der Waals surface area contributed by atoms with Crippen molar-refractivity contribution in [3.63, 3.8) is 0 Å². The molecule has 0 aromatic heterocycles. The van der Waals surface area contributed by atoms with Crippen LogP contribution in [0.15, 0.2) is 78.9 Å². The number of unbranched alkanes of at least 4 members (excludes halogenated alkanes) is 2. The monoisotopic (exact) mass is 464 g/mol. The Morgan fingerprint density at radius 3 is 2.33 bits per heavy atom. The molecule has 0 saturated heterocycles. The third-order valence-electron chi connectivity index (χ3n) is 5.07. The number of nitrogens with one attached hydrogen (secondary N) is 2. The predicted octanol–water partition coefficient (Wildman–Crippen LogP) is 5.84. The standard InChI is InChI=1S/C27H29ClN2O3/c28-24-15-13-21(14-16-24)19-33-20-27(32)29-17-6-2-5-12-26(31)30-25-11-7-10-23(18-25)22-8-3-1-4-9-22/h1,3-4,7-11,13-16,18H,2,5-6,12,17,19-20H2,(H,29,32)(H,30,31). The average Bonchev–Trinajstić information content (AvgIpc) is 2.83. The number of carbonyl (C=O) groups is 2. The Morgan fingerprint density at radius 1 is 0.788 bits per heavy atom. The maximum atomic E-state index is 12.3. The van der Waals surface area contributed by atoms with Crippen molar-refractivity contribution >= 4 is 29.1 Å². The molecule has 3 aromatic rings. The zero-order valence-electron chi connectivity index (χ0n) is 18.6. The van der Waals surface area contributed by atoms with Crippen molar-refractivity contribution in [1.82, 2.24) is 5.32 Å². The molecule has 3 aromatic carbocycles. The van der Waals surface area contributed by atoms with Crippen molar-refractivity contribution < 1.29 is 14.3 Å². The van der Waals surface area contributed by atoms with Gasteiger partial charge in [0.25, 0.3) is 0 Å². The van der Waals surface area contributed by atoms with E-state index >= 15 is 0 Å². The van der Waals surface area contributed by atoms with Gasteiger partial charge in [0.2, 0.25) is 11.8 Å². The van der Waals surface area contributed by atoms with Gasteiger partial charge in [0, 0.05) is 23.7 Å². The fraction of sp³-hybridized carbons (Fsp3) is 0.259. The Hall–Kier alpha value is -3.15. The Morgan fingerprint density at radius 2 is 1.55 bits per heavy atom. The molecular weight excluding hydrogens is 436 g/mol. The summed E-state index contributed by atoms with van der Waals surface area (Å²) in [5, 5.41) is 6.48. The van der Waals surface area contributed by atoms with E-state index in [0.29, 0.717) is 24.6 Å². The van der Waals surface area contributed by atoms with Crippen molar-refractivity contribution in [2.24, 2.45) is 0 Å². The number of benzene rings is 3. The molecule has 2 N–H and O–H groups in total. The molecule has 0 aliphatic rings. The molecule has 0 bridgehead atoms. The zero-order valence-corrected chi connectivity index (χ0v) is 19.3.